The van der Waals surface area contributed by atoms with Gasteiger partial charge in [0.05, 0.1) is 11.7 Å². The van der Waals surface area contributed by atoms with Crippen LogP contribution in [0.2, 0.25) is 0 Å². The molecule has 94 valence electrons. The molecule has 1 N–H and O–H groups in total. The molecule has 0 aromatic carbocycles. The summed E-state index contributed by atoms with van der Waals surface area (Å²) in [6, 6.07) is 3.77. The maximum absolute atomic E-state index is 10.8. The lowest BCUT2D eigenvalue weighted by molar-refractivity contribution is 0.112. The van der Waals surface area contributed by atoms with Crippen molar-refractivity contribution in [3.05, 3.63) is 35.9 Å². The van der Waals surface area contributed by atoms with Crippen molar-refractivity contribution in [3.8, 4) is 0 Å². The summed E-state index contributed by atoms with van der Waals surface area (Å²) >= 11 is 0. The average molecular weight is 243 g/mol. The predicted molar refractivity (Wildman–Crippen MR) is 69.9 cm³/mol. The molecule has 4 heteroatoms. The third-order valence-electron chi connectivity index (χ3n) is 3.63. The summed E-state index contributed by atoms with van der Waals surface area (Å²) in [5.74, 6) is 1.71. The maximum atomic E-state index is 10.8. The fraction of sp³-hybridized carbons (Fsp3) is 0.429. The van der Waals surface area contributed by atoms with Crippen LogP contribution in [0.15, 0.2) is 24.5 Å². The Kier molecular flexibility index (Phi) is 3.11. The summed E-state index contributed by atoms with van der Waals surface area (Å²) in [5.41, 5.74) is 1.75. The van der Waals surface area contributed by atoms with Crippen LogP contribution in [0, 0.1) is 5.92 Å². The van der Waals surface area contributed by atoms with Gasteiger partial charge in [0.1, 0.15) is 5.82 Å². The molecule has 1 aliphatic heterocycles. The standard InChI is InChI=1S/C14H17N3O/c18-10-12-3-4-13-8-16-14(17(13)9-12)6-11-2-1-5-15-7-11/h3-4,8-11,15H,1-2,5-7H2. The Morgan fingerprint density at radius 1 is 1.50 bits per heavy atom. The Morgan fingerprint density at radius 3 is 3.22 bits per heavy atom. The van der Waals surface area contributed by atoms with Crippen LogP contribution < -0.4 is 5.32 Å². The van der Waals surface area contributed by atoms with Gasteiger partial charge in [-0.15, -0.1) is 0 Å². The van der Waals surface area contributed by atoms with Crippen molar-refractivity contribution in [3.63, 3.8) is 0 Å². The number of carbonyl (C=O) groups is 1. The van der Waals surface area contributed by atoms with E-state index in [2.05, 4.69) is 10.3 Å². The van der Waals surface area contributed by atoms with Crippen molar-refractivity contribution in [2.75, 3.05) is 13.1 Å². The van der Waals surface area contributed by atoms with E-state index in [1.807, 2.05) is 28.9 Å². The van der Waals surface area contributed by atoms with Gasteiger partial charge in [-0.25, -0.2) is 4.98 Å². The van der Waals surface area contributed by atoms with E-state index < -0.39 is 0 Å². The second kappa shape index (κ2) is 4.90. The fourth-order valence-electron chi connectivity index (χ4n) is 2.64. The molecule has 3 heterocycles. The number of nitrogens with zero attached hydrogens (tertiary/aromatic N) is 2. The van der Waals surface area contributed by atoms with Crippen LogP contribution in [0.4, 0.5) is 0 Å². The van der Waals surface area contributed by atoms with Crippen LogP contribution in [0.25, 0.3) is 5.52 Å². The van der Waals surface area contributed by atoms with Gasteiger partial charge in [0.25, 0.3) is 0 Å². The summed E-state index contributed by atoms with van der Waals surface area (Å²) < 4.78 is 2.04. The van der Waals surface area contributed by atoms with Gasteiger partial charge >= 0.3 is 0 Å². The molecule has 0 amide bonds. The second-order valence-electron chi connectivity index (χ2n) is 4.97. The zero-order valence-electron chi connectivity index (χ0n) is 10.3. The molecule has 0 radical (unpaired) electrons. The summed E-state index contributed by atoms with van der Waals surface area (Å²) in [6.07, 6.45) is 8.11. The zero-order chi connectivity index (χ0) is 12.4. The quantitative estimate of drug-likeness (QED) is 0.834. The Morgan fingerprint density at radius 2 is 2.44 bits per heavy atom. The van der Waals surface area contributed by atoms with E-state index in [-0.39, 0.29) is 0 Å². The predicted octanol–water partition coefficient (Wildman–Crippen LogP) is 1.69. The van der Waals surface area contributed by atoms with Gasteiger partial charge in [-0.2, -0.15) is 0 Å². The molecule has 2 aromatic heterocycles. The molecule has 1 fully saturated rings. The third kappa shape index (κ3) is 2.16. The minimum Gasteiger partial charge on any atom is -0.316 e. The van der Waals surface area contributed by atoms with Crippen LogP contribution in [-0.4, -0.2) is 28.8 Å². The monoisotopic (exact) mass is 243 g/mol. The topological polar surface area (TPSA) is 46.4 Å². The van der Waals surface area contributed by atoms with E-state index in [1.165, 1.54) is 12.8 Å². The SMILES string of the molecule is O=Cc1ccc2cnc(CC3CCCNC3)n2c1. The van der Waals surface area contributed by atoms with Crippen molar-refractivity contribution < 1.29 is 4.79 Å². The van der Waals surface area contributed by atoms with Crippen molar-refractivity contribution in [1.82, 2.24) is 14.7 Å². The van der Waals surface area contributed by atoms with Crippen LogP contribution in [-0.2, 0) is 6.42 Å². The Labute approximate surface area is 106 Å². The first-order valence-corrected chi connectivity index (χ1v) is 6.49. The van der Waals surface area contributed by atoms with E-state index in [4.69, 9.17) is 0 Å². The largest absolute Gasteiger partial charge is 0.316 e. The van der Waals surface area contributed by atoms with E-state index in [9.17, 15) is 4.79 Å². The first kappa shape index (κ1) is 11.4. The molecule has 1 atom stereocenters. The lowest BCUT2D eigenvalue weighted by Crippen LogP contribution is -2.31. The number of nitrogens with one attached hydrogen (secondary N) is 1. The van der Waals surface area contributed by atoms with Crippen molar-refractivity contribution in [2.24, 2.45) is 5.92 Å². The van der Waals surface area contributed by atoms with E-state index in [0.717, 1.165) is 37.1 Å². The zero-order valence-corrected chi connectivity index (χ0v) is 10.3. The fourth-order valence-corrected chi connectivity index (χ4v) is 2.64. The Bertz CT molecular complexity index is 555. The number of aldehydes is 1. The lowest BCUT2D eigenvalue weighted by Gasteiger charge is -2.22. The number of fused-ring (bicyclic) bond motifs is 1. The molecule has 1 aliphatic rings. The molecule has 0 aliphatic carbocycles. The minimum atomic E-state index is 0.657. The van der Waals surface area contributed by atoms with Gasteiger partial charge in [0.2, 0.25) is 0 Å². The summed E-state index contributed by atoms with van der Waals surface area (Å²) in [6.45, 7) is 2.20. The summed E-state index contributed by atoms with van der Waals surface area (Å²) in [7, 11) is 0. The minimum absolute atomic E-state index is 0.657. The van der Waals surface area contributed by atoms with Crippen LogP contribution in [0.5, 0.6) is 0 Å². The number of rotatable bonds is 3. The van der Waals surface area contributed by atoms with E-state index >= 15 is 0 Å². The highest BCUT2D eigenvalue weighted by atomic mass is 16.1. The van der Waals surface area contributed by atoms with E-state index in [0.29, 0.717) is 11.5 Å². The lowest BCUT2D eigenvalue weighted by atomic mass is 9.96. The maximum Gasteiger partial charge on any atom is 0.151 e. The van der Waals surface area contributed by atoms with Crippen LogP contribution in [0.3, 0.4) is 0 Å². The molecule has 0 spiro atoms. The van der Waals surface area contributed by atoms with Gasteiger partial charge in [-0.1, -0.05) is 0 Å². The number of piperidine rings is 1. The number of hydrogen-bond acceptors (Lipinski definition) is 3. The van der Waals surface area contributed by atoms with Gasteiger partial charge in [0, 0.05) is 18.2 Å². The van der Waals surface area contributed by atoms with Gasteiger partial charge in [-0.05, 0) is 44.0 Å². The number of aromatic nitrogens is 2. The number of hydrogen-bond donors (Lipinski definition) is 1. The molecule has 18 heavy (non-hydrogen) atoms. The number of imidazole rings is 1. The number of pyridine rings is 1. The second-order valence-corrected chi connectivity index (χ2v) is 4.97. The molecular formula is C14H17N3O. The first-order valence-electron chi connectivity index (χ1n) is 6.49. The van der Waals surface area contributed by atoms with Crippen molar-refractivity contribution in [2.45, 2.75) is 19.3 Å². The van der Waals surface area contributed by atoms with Crippen molar-refractivity contribution in [1.29, 1.82) is 0 Å². The molecule has 0 saturated carbocycles. The van der Waals surface area contributed by atoms with Gasteiger partial charge in [0.15, 0.2) is 6.29 Å². The van der Waals surface area contributed by atoms with Crippen LogP contribution in [0.1, 0.15) is 29.0 Å². The molecule has 4 nitrogen and oxygen atoms in total. The molecule has 2 aromatic rings. The highest BCUT2D eigenvalue weighted by Gasteiger charge is 2.16. The third-order valence-corrected chi connectivity index (χ3v) is 3.63. The molecule has 1 unspecified atom stereocenters. The number of carbonyl (C=O) groups excluding carboxylic acids is 1. The molecule has 3 rings (SSSR count). The first-order chi connectivity index (χ1) is 8.86. The van der Waals surface area contributed by atoms with E-state index in [1.54, 1.807) is 0 Å². The van der Waals surface area contributed by atoms with Gasteiger partial charge < -0.3 is 9.72 Å². The summed E-state index contributed by atoms with van der Waals surface area (Å²) in [5, 5.41) is 3.42. The molecule has 1 saturated heterocycles. The molecular weight excluding hydrogens is 226 g/mol. The highest BCUT2D eigenvalue weighted by molar-refractivity contribution is 5.75. The highest BCUT2D eigenvalue weighted by Crippen LogP contribution is 2.17. The molecule has 0 bridgehead atoms. The Balaban J connectivity index is 1.88. The van der Waals surface area contributed by atoms with Crippen molar-refractivity contribution >= 4 is 11.8 Å². The summed E-state index contributed by atoms with van der Waals surface area (Å²) in [4.78, 5) is 15.3. The van der Waals surface area contributed by atoms with Crippen LogP contribution >= 0.6 is 0 Å². The Hall–Kier alpha value is -1.68. The van der Waals surface area contributed by atoms with Gasteiger partial charge in [-0.3, -0.25) is 4.79 Å². The smallest absolute Gasteiger partial charge is 0.151 e. The normalized spacial score (nSPS) is 20.1. The average Bonchev–Trinajstić information content (AvgIpc) is 2.82.